The van der Waals surface area contributed by atoms with Gasteiger partial charge in [-0.25, -0.2) is 8.42 Å². The van der Waals surface area contributed by atoms with Crippen molar-refractivity contribution in [3.8, 4) is 0 Å². The van der Waals surface area contributed by atoms with E-state index in [0.29, 0.717) is 31.4 Å². The van der Waals surface area contributed by atoms with E-state index in [9.17, 15) is 13.5 Å². The van der Waals surface area contributed by atoms with Gasteiger partial charge in [-0.15, -0.1) is 0 Å². The Kier molecular flexibility index (Phi) is 12.6. The summed E-state index contributed by atoms with van der Waals surface area (Å²) in [6.45, 7) is 0.212. The van der Waals surface area contributed by atoms with Crippen molar-refractivity contribution in [1.29, 1.82) is 0 Å². The minimum atomic E-state index is -3.85. The average molecular weight is 566 g/mol. The zero-order valence-corrected chi connectivity index (χ0v) is 25.2. The van der Waals surface area contributed by atoms with Crippen molar-refractivity contribution in [2.24, 2.45) is 5.92 Å². The molecule has 208 valence electrons. The van der Waals surface area contributed by atoms with Crippen LogP contribution in [0.2, 0.25) is 12.1 Å². The maximum Gasteiger partial charge on any atom is 0.500 e. The summed E-state index contributed by atoms with van der Waals surface area (Å²) in [6.07, 6.45) is 2.32. The summed E-state index contributed by atoms with van der Waals surface area (Å²) in [5.74, 6) is 0.199. The fraction of sp³-hybridized carbons (Fsp3) is 0.739. The Morgan fingerprint density at radius 3 is 1.92 bits per heavy atom. The van der Waals surface area contributed by atoms with Gasteiger partial charge in [0, 0.05) is 61.3 Å². The van der Waals surface area contributed by atoms with Crippen molar-refractivity contribution in [2.45, 2.75) is 61.2 Å². The molecule has 1 aromatic rings. The van der Waals surface area contributed by atoms with Crippen molar-refractivity contribution in [1.82, 2.24) is 4.31 Å². The number of rotatable bonds is 16. The van der Waals surface area contributed by atoms with Crippen LogP contribution in [0.5, 0.6) is 0 Å². The molecule has 0 aromatic heterocycles. The molecule has 1 N–H and O–H groups in total. The molecule has 1 aliphatic rings. The Bertz CT molecular complexity index is 853. The molecule has 0 radical (unpaired) electrons. The Labute approximate surface area is 218 Å². The molecule has 0 aliphatic heterocycles. The van der Waals surface area contributed by atoms with E-state index in [-0.39, 0.29) is 17.4 Å². The first-order valence-electron chi connectivity index (χ1n) is 12.2. The van der Waals surface area contributed by atoms with Crippen LogP contribution in [0.25, 0.3) is 0 Å². The van der Waals surface area contributed by atoms with Crippen LogP contribution in [-0.2, 0) is 36.6 Å². The van der Waals surface area contributed by atoms with Gasteiger partial charge in [0.2, 0.25) is 10.0 Å². The molecule has 0 saturated heterocycles. The maximum atomic E-state index is 13.8. The van der Waals surface area contributed by atoms with E-state index in [1.54, 1.807) is 51.7 Å². The lowest BCUT2D eigenvalue weighted by Gasteiger charge is -2.40. The Hall–Kier alpha value is -0.716. The monoisotopic (exact) mass is 565 g/mol. The molecule has 1 aliphatic carbocycles. The zero-order valence-electron chi connectivity index (χ0n) is 22.3. The van der Waals surface area contributed by atoms with E-state index in [1.807, 2.05) is 0 Å². The lowest BCUT2D eigenvalue weighted by molar-refractivity contribution is 0.0335. The third-order valence-corrected chi connectivity index (χ3v) is 14.7. The summed E-state index contributed by atoms with van der Waals surface area (Å²) in [5.41, 5.74) is 0. The van der Waals surface area contributed by atoms with Crippen molar-refractivity contribution < 1.29 is 40.1 Å². The van der Waals surface area contributed by atoms with Crippen LogP contribution >= 0.6 is 0 Å². The predicted octanol–water partition coefficient (Wildman–Crippen LogP) is 2.74. The Morgan fingerprint density at radius 1 is 0.861 bits per heavy atom. The zero-order chi connectivity index (χ0) is 26.8. The second-order valence-electron chi connectivity index (χ2n) is 8.98. The Balaban J connectivity index is 2.27. The number of aliphatic hydroxyl groups excluding tert-OH is 1. The van der Waals surface area contributed by atoms with Crippen LogP contribution in [0.15, 0.2) is 35.2 Å². The largest absolute Gasteiger partial charge is 0.500 e. The van der Waals surface area contributed by atoms with Crippen LogP contribution in [0.4, 0.5) is 0 Å². The quantitative estimate of drug-likeness (QED) is 0.302. The van der Waals surface area contributed by atoms with E-state index in [0.717, 1.165) is 12.8 Å². The molecule has 1 aromatic carbocycles. The number of hydrogen-bond donors (Lipinski definition) is 1. The lowest BCUT2D eigenvalue weighted by Crippen LogP contribution is -2.51. The molecule has 13 heteroatoms. The second-order valence-corrected chi connectivity index (χ2v) is 17.0. The molecule has 0 bridgehead atoms. The first-order valence-corrected chi connectivity index (χ1v) is 17.5. The minimum Gasteiger partial charge on any atom is -0.391 e. The number of sulfonamides is 1. The summed E-state index contributed by atoms with van der Waals surface area (Å²) in [7, 11) is -0.0871. The topological polar surface area (TPSA) is 113 Å². The molecule has 10 nitrogen and oxygen atoms in total. The highest BCUT2D eigenvalue weighted by molar-refractivity contribution is 7.89. The Morgan fingerprint density at radius 2 is 1.39 bits per heavy atom. The first-order chi connectivity index (χ1) is 17.2. The number of aliphatic hydroxyl groups is 1. The van der Waals surface area contributed by atoms with Crippen molar-refractivity contribution in [3.63, 3.8) is 0 Å². The summed E-state index contributed by atoms with van der Waals surface area (Å²) < 4.78 is 62.2. The maximum absolute atomic E-state index is 13.8. The molecular formula is C23H43NO9SSi2. The molecule has 2 rings (SSSR count). The number of hydrogen-bond acceptors (Lipinski definition) is 9. The molecule has 1 fully saturated rings. The van der Waals surface area contributed by atoms with Crippen LogP contribution < -0.4 is 0 Å². The van der Waals surface area contributed by atoms with Crippen molar-refractivity contribution in [2.75, 3.05) is 49.2 Å². The van der Waals surface area contributed by atoms with Gasteiger partial charge in [0.05, 0.1) is 17.0 Å². The van der Waals surface area contributed by atoms with E-state index in [4.69, 9.17) is 26.6 Å². The summed E-state index contributed by atoms with van der Waals surface area (Å²) in [6, 6.07) is 8.88. The first kappa shape index (κ1) is 31.5. The molecule has 0 amide bonds. The van der Waals surface area contributed by atoms with E-state index < -0.39 is 39.8 Å². The van der Waals surface area contributed by atoms with E-state index in [1.165, 1.54) is 25.6 Å². The van der Waals surface area contributed by atoms with Gasteiger partial charge in [-0.05, 0) is 50.2 Å². The fourth-order valence-corrected chi connectivity index (χ4v) is 10.2. The van der Waals surface area contributed by atoms with E-state index >= 15 is 0 Å². The molecule has 0 heterocycles. The second kappa shape index (κ2) is 14.4. The van der Waals surface area contributed by atoms with Gasteiger partial charge in [-0.1, -0.05) is 18.2 Å². The van der Waals surface area contributed by atoms with Crippen LogP contribution in [0, 0.1) is 5.92 Å². The molecule has 0 spiro atoms. The lowest BCUT2D eigenvalue weighted by atomic mass is 9.82. The third kappa shape index (κ3) is 7.66. The molecular weight excluding hydrogens is 522 g/mol. The van der Waals surface area contributed by atoms with Gasteiger partial charge in [0.25, 0.3) is 0 Å². The van der Waals surface area contributed by atoms with Gasteiger partial charge in [0.1, 0.15) is 0 Å². The molecule has 1 saturated carbocycles. The van der Waals surface area contributed by atoms with E-state index in [2.05, 4.69) is 0 Å². The van der Waals surface area contributed by atoms with Gasteiger partial charge < -0.3 is 31.7 Å². The smallest absolute Gasteiger partial charge is 0.391 e. The average Bonchev–Trinajstić information content (AvgIpc) is 2.92. The standard InChI is InChI=1S/C23H43NO9SSi2/c1-28-35(29-2,30-3)17-10-16-24(34(26,27)21-11-8-7-9-12-21)22-19-20(13-14-23(22)25)15-18-36(31-4,32-5)33-6/h7-9,11-12,20,22-23,25H,10,13-19H2,1-6H3. The summed E-state index contributed by atoms with van der Waals surface area (Å²) in [4.78, 5) is 0.206. The molecule has 36 heavy (non-hydrogen) atoms. The highest BCUT2D eigenvalue weighted by Crippen LogP contribution is 2.35. The van der Waals surface area contributed by atoms with Crippen LogP contribution in [0.1, 0.15) is 32.1 Å². The van der Waals surface area contributed by atoms with Gasteiger partial charge >= 0.3 is 17.6 Å². The molecule has 3 atom stereocenters. The van der Waals surface area contributed by atoms with Crippen LogP contribution in [0.3, 0.4) is 0 Å². The van der Waals surface area contributed by atoms with Crippen molar-refractivity contribution >= 4 is 27.6 Å². The summed E-state index contributed by atoms with van der Waals surface area (Å²) in [5, 5.41) is 11.0. The van der Waals surface area contributed by atoms with Crippen LogP contribution in [-0.4, -0.2) is 96.8 Å². The van der Waals surface area contributed by atoms with Crippen molar-refractivity contribution in [3.05, 3.63) is 30.3 Å². The van der Waals surface area contributed by atoms with Gasteiger partial charge in [0.15, 0.2) is 0 Å². The number of nitrogens with zero attached hydrogens (tertiary/aromatic N) is 1. The highest BCUT2D eigenvalue weighted by atomic mass is 32.2. The normalized spacial score (nSPS) is 21.7. The van der Waals surface area contributed by atoms with Gasteiger partial charge in [-0.3, -0.25) is 0 Å². The summed E-state index contributed by atoms with van der Waals surface area (Å²) >= 11 is 0. The highest BCUT2D eigenvalue weighted by Gasteiger charge is 2.43. The predicted molar refractivity (Wildman–Crippen MR) is 140 cm³/mol. The molecule has 3 unspecified atom stereocenters. The SMILES string of the molecule is CO[Si](CCCN(C1CC(CC[Si](OC)(OC)OC)CCC1O)S(=O)(=O)c1ccccc1)(OC)OC. The minimum absolute atomic E-state index is 0.199. The van der Waals surface area contributed by atoms with Gasteiger partial charge in [-0.2, -0.15) is 4.31 Å². The third-order valence-electron chi connectivity index (χ3n) is 7.20. The fourth-order valence-electron chi connectivity index (χ4n) is 4.92. The number of benzene rings is 1.